The van der Waals surface area contributed by atoms with E-state index in [0.717, 1.165) is 28.8 Å². The summed E-state index contributed by atoms with van der Waals surface area (Å²) in [5.74, 6) is 1.43. The van der Waals surface area contributed by atoms with Gasteiger partial charge >= 0.3 is 0 Å². The maximum atomic E-state index is 5.11. The van der Waals surface area contributed by atoms with Gasteiger partial charge in [-0.2, -0.15) is 0 Å². The van der Waals surface area contributed by atoms with E-state index in [2.05, 4.69) is 25.3 Å². The van der Waals surface area contributed by atoms with Gasteiger partial charge in [0.15, 0.2) is 11.0 Å². The van der Waals surface area contributed by atoms with Crippen molar-refractivity contribution in [2.45, 2.75) is 37.6 Å². The Hall–Kier alpha value is -1.73. The van der Waals surface area contributed by atoms with Crippen molar-refractivity contribution >= 4 is 17.6 Å². The zero-order valence-corrected chi connectivity index (χ0v) is 13.5. The fraction of sp³-hybridized carbons (Fsp3) is 0.429. The highest BCUT2D eigenvalue weighted by Gasteiger charge is 2.08. The second-order valence-corrected chi connectivity index (χ2v) is 5.49. The molecule has 21 heavy (non-hydrogen) atoms. The van der Waals surface area contributed by atoms with Crippen LogP contribution in [0.3, 0.4) is 0 Å². The summed E-state index contributed by atoms with van der Waals surface area (Å²) in [6.45, 7) is 7.12. The average molecular weight is 305 g/mol. The lowest BCUT2D eigenvalue weighted by Crippen LogP contribution is -2.05. The minimum atomic E-state index is 0.375. The van der Waals surface area contributed by atoms with Crippen LogP contribution in [0.1, 0.15) is 24.1 Å². The molecular formula is C14H19N5OS. The Kier molecular flexibility index (Phi) is 5.46. The van der Waals surface area contributed by atoms with Crippen molar-refractivity contribution in [1.82, 2.24) is 19.9 Å². The fourth-order valence-electron chi connectivity index (χ4n) is 1.82. The highest BCUT2D eigenvalue weighted by Crippen LogP contribution is 2.25. The average Bonchev–Trinajstić information content (AvgIpc) is 2.37. The molecule has 112 valence electrons. The van der Waals surface area contributed by atoms with Crippen LogP contribution in [-0.4, -0.2) is 33.6 Å². The van der Waals surface area contributed by atoms with E-state index in [-0.39, 0.29) is 0 Å². The number of anilines is 1. The Morgan fingerprint density at radius 3 is 2.43 bits per heavy atom. The van der Waals surface area contributed by atoms with Crippen LogP contribution in [0.25, 0.3) is 0 Å². The van der Waals surface area contributed by atoms with Gasteiger partial charge in [-0.3, -0.25) is 0 Å². The summed E-state index contributed by atoms with van der Waals surface area (Å²) in [5.41, 5.74) is 1.89. The molecule has 0 radical (unpaired) electrons. The van der Waals surface area contributed by atoms with Crippen molar-refractivity contribution in [3.05, 3.63) is 29.3 Å². The number of nitrogens with zero attached hydrogens (tertiary/aromatic N) is 4. The number of nitrogens with one attached hydrogen (secondary N) is 1. The predicted octanol–water partition coefficient (Wildman–Crippen LogP) is 2.61. The van der Waals surface area contributed by atoms with Crippen LogP contribution in [0, 0.1) is 13.8 Å². The number of aryl methyl sites for hydroxylation is 2. The van der Waals surface area contributed by atoms with Gasteiger partial charge in [-0.05, 0) is 38.6 Å². The molecule has 0 fully saturated rings. The Morgan fingerprint density at radius 2 is 1.81 bits per heavy atom. The van der Waals surface area contributed by atoms with Crippen molar-refractivity contribution < 1.29 is 4.74 Å². The van der Waals surface area contributed by atoms with E-state index in [1.54, 1.807) is 7.11 Å². The highest BCUT2D eigenvalue weighted by atomic mass is 32.2. The Morgan fingerprint density at radius 1 is 1.10 bits per heavy atom. The number of rotatable bonds is 6. The summed E-state index contributed by atoms with van der Waals surface area (Å²) in [4.78, 5) is 17.7. The molecule has 2 aromatic rings. The third-order valence-corrected chi connectivity index (χ3v) is 3.32. The van der Waals surface area contributed by atoms with Crippen LogP contribution >= 0.6 is 11.8 Å². The van der Waals surface area contributed by atoms with E-state index in [1.165, 1.54) is 11.8 Å². The molecular weight excluding hydrogens is 286 g/mol. The van der Waals surface area contributed by atoms with E-state index in [9.17, 15) is 0 Å². The van der Waals surface area contributed by atoms with E-state index < -0.39 is 0 Å². The third kappa shape index (κ3) is 4.64. The molecule has 6 nitrogen and oxygen atoms in total. The van der Waals surface area contributed by atoms with Gasteiger partial charge in [0.1, 0.15) is 17.5 Å². The normalized spacial score (nSPS) is 10.7. The van der Waals surface area contributed by atoms with Crippen LogP contribution < -0.4 is 5.32 Å². The van der Waals surface area contributed by atoms with Gasteiger partial charge in [0, 0.05) is 31.1 Å². The van der Waals surface area contributed by atoms with E-state index in [4.69, 9.17) is 4.74 Å². The van der Waals surface area contributed by atoms with Gasteiger partial charge in [0.2, 0.25) is 0 Å². The molecule has 0 unspecified atom stereocenters. The van der Waals surface area contributed by atoms with Crippen LogP contribution in [-0.2, 0) is 11.3 Å². The molecule has 0 aliphatic heterocycles. The van der Waals surface area contributed by atoms with E-state index in [0.29, 0.717) is 17.6 Å². The zero-order chi connectivity index (χ0) is 15.2. The first kappa shape index (κ1) is 15.7. The molecule has 0 spiro atoms. The minimum absolute atomic E-state index is 0.375. The SMILES string of the molecule is CCNc1cc(Sc2nc(C)cc(C)n2)nc(COC)n1. The van der Waals surface area contributed by atoms with Gasteiger partial charge < -0.3 is 10.1 Å². The van der Waals surface area contributed by atoms with Crippen molar-refractivity contribution in [3.8, 4) is 0 Å². The number of hydrogen-bond donors (Lipinski definition) is 1. The molecule has 0 atom stereocenters. The fourth-order valence-corrected chi connectivity index (χ4v) is 2.71. The quantitative estimate of drug-likeness (QED) is 0.649. The molecule has 1 N–H and O–H groups in total. The standard InChI is InChI=1S/C14H19N5OS/c1-5-15-11-7-13(19-12(18-11)8-20-4)21-14-16-9(2)6-10(3)17-14/h6-7H,5,8H2,1-4H3,(H,15,18,19). The molecule has 0 aliphatic carbocycles. The van der Waals surface area contributed by atoms with Gasteiger partial charge in [-0.1, -0.05) is 0 Å². The van der Waals surface area contributed by atoms with Crippen molar-refractivity contribution in [2.75, 3.05) is 19.0 Å². The van der Waals surface area contributed by atoms with Gasteiger partial charge in [-0.25, -0.2) is 19.9 Å². The summed E-state index contributed by atoms with van der Waals surface area (Å²) in [6, 6.07) is 3.85. The van der Waals surface area contributed by atoms with Crippen molar-refractivity contribution in [2.24, 2.45) is 0 Å². The Balaban J connectivity index is 2.28. The molecule has 0 saturated carbocycles. The molecule has 0 amide bonds. The minimum Gasteiger partial charge on any atom is -0.377 e. The van der Waals surface area contributed by atoms with Crippen molar-refractivity contribution in [1.29, 1.82) is 0 Å². The zero-order valence-electron chi connectivity index (χ0n) is 12.7. The Labute approximate surface area is 128 Å². The van der Waals surface area contributed by atoms with E-state index >= 15 is 0 Å². The highest BCUT2D eigenvalue weighted by molar-refractivity contribution is 7.99. The summed E-state index contributed by atoms with van der Waals surface area (Å²) in [6.07, 6.45) is 0. The van der Waals surface area contributed by atoms with Crippen LogP contribution in [0.15, 0.2) is 22.3 Å². The molecule has 2 rings (SSSR count). The number of aromatic nitrogens is 4. The van der Waals surface area contributed by atoms with Gasteiger partial charge in [0.25, 0.3) is 0 Å². The predicted molar refractivity (Wildman–Crippen MR) is 82.5 cm³/mol. The first-order valence-corrected chi connectivity index (χ1v) is 7.53. The molecule has 7 heteroatoms. The van der Waals surface area contributed by atoms with Crippen LogP contribution in [0.5, 0.6) is 0 Å². The lowest BCUT2D eigenvalue weighted by atomic mass is 10.4. The monoisotopic (exact) mass is 305 g/mol. The molecule has 0 bridgehead atoms. The smallest absolute Gasteiger partial charge is 0.194 e. The number of hydrogen-bond acceptors (Lipinski definition) is 7. The molecule has 0 saturated heterocycles. The van der Waals surface area contributed by atoms with E-state index in [1.807, 2.05) is 32.9 Å². The molecule has 2 heterocycles. The van der Waals surface area contributed by atoms with Gasteiger partial charge in [-0.15, -0.1) is 0 Å². The summed E-state index contributed by atoms with van der Waals surface area (Å²) < 4.78 is 5.11. The maximum Gasteiger partial charge on any atom is 0.194 e. The lowest BCUT2D eigenvalue weighted by Gasteiger charge is -2.08. The number of methoxy groups -OCH3 is 1. The maximum absolute atomic E-state index is 5.11. The second kappa shape index (κ2) is 7.33. The summed E-state index contributed by atoms with van der Waals surface area (Å²) in [5, 5.41) is 4.69. The number of ether oxygens (including phenoxy) is 1. The second-order valence-electron chi connectivity index (χ2n) is 4.51. The summed E-state index contributed by atoms with van der Waals surface area (Å²) in [7, 11) is 1.63. The summed E-state index contributed by atoms with van der Waals surface area (Å²) >= 11 is 1.43. The first-order chi connectivity index (χ1) is 10.1. The molecule has 0 aliphatic rings. The third-order valence-electron chi connectivity index (χ3n) is 2.54. The largest absolute Gasteiger partial charge is 0.377 e. The van der Waals surface area contributed by atoms with Gasteiger partial charge in [0.05, 0.1) is 0 Å². The lowest BCUT2D eigenvalue weighted by molar-refractivity contribution is 0.177. The Bertz CT molecular complexity index is 576. The van der Waals surface area contributed by atoms with Crippen LogP contribution in [0.2, 0.25) is 0 Å². The first-order valence-electron chi connectivity index (χ1n) is 6.71. The molecule has 2 aromatic heterocycles. The van der Waals surface area contributed by atoms with Crippen molar-refractivity contribution in [3.63, 3.8) is 0 Å². The van der Waals surface area contributed by atoms with Crippen LogP contribution in [0.4, 0.5) is 5.82 Å². The molecule has 0 aromatic carbocycles. The topological polar surface area (TPSA) is 72.8 Å².